The number of anilines is 1. The molecule has 1 amide bonds. The molecule has 0 bridgehead atoms. The van der Waals surface area contributed by atoms with Gasteiger partial charge < -0.3 is 10.6 Å². The molecule has 0 heterocycles. The maximum atomic E-state index is 12.6. The summed E-state index contributed by atoms with van der Waals surface area (Å²) in [5.74, 6) is -0.0954. The van der Waals surface area contributed by atoms with E-state index < -0.39 is 0 Å². The Balaban J connectivity index is 2.35. The van der Waals surface area contributed by atoms with Crippen LogP contribution in [0.25, 0.3) is 0 Å². The first-order chi connectivity index (χ1) is 9.90. The van der Waals surface area contributed by atoms with Crippen LogP contribution in [-0.2, 0) is 0 Å². The molecule has 0 saturated carbocycles. The van der Waals surface area contributed by atoms with Crippen LogP contribution in [0.15, 0.2) is 46.9 Å². The molecular weight excluding hydrogens is 348 g/mol. The van der Waals surface area contributed by atoms with E-state index in [1.54, 1.807) is 11.9 Å². The van der Waals surface area contributed by atoms with Gasteiger partial charge in [-0.05, 0) is 52.7 Å². The van der Waals surface area contributed by atoms with Crippen molar-refractivity contribution < 1.29 is 4.79 Å². The number of nitrogens with two attached hydrogens (primary N) is 1. The number of carbonyl (C=O) groups excluding carboxylic acids is 1. The van der Waals surface area contributed by atoms with Gasteiger partial charge >= 0.3 is 0 Å². The molecule has 108 valence electrons. The molecule has 0 aliphatic carbocycles. The zero-order valence-corrected chi connectivity index (χ0v) is 14.2. The number of rotatable bonds is 3. The van der Waals surface area contributed by atoms with E-state index in [4.69, 9.17) is 18.0 Å². The monoisotopic (exact) mass is 362 g/mol. The summed E-state index contributed by atoms with van der Waals surface area (Å²) in [7, 11) is 1.73. The molecule has 0 saturated heterocycles. The van der Waals surface area contributed by atoms with Gasteiger partial charge in [0.15, 0.2) is 0 Å². The second kappa shape index (κ2) is 6.37. The lowest BCUT2D eigenvalue weighted by Crippen LogP contribution is -2.27. The van der Waals surface area contributed by atoms with Gasteiger partial charge in [-0.15, -0.1) is 0 Å². The molecule has 2 aromatic carbocycles. The van der Waals surface area contributed by atoms with Crippen LogP contribution in [0, 0.1) is 6.92 Å². The second-order valence-corrected chi connectivity index (χ2v) is 6.06. The third-order valence-corrected chi connectivity index (χ3v) is 4.07. The number of amides is 1. The van der Waals surface area contributed by atoms with E-state index >= 15 is 0 Å². The highest BCUT2D eigenvalue weighted by Crippen LogP contribution is 2.23. The van der Waals surface area contributed by atoms with Crippen LogP contribution in [0.4, 0.5) is 5.69 Å². The highest BCUT2D eigenvalue weighted by molar-refractivity contribution is 9.10. The zero-order chi connectivity index (χ0) is 15.6. The Morgan fingerprint density at radius 1 is 1.24 bits per heavy atom. The van der Waals surface area contributed by atoms with Crippen molar-refractivity contribution in [1.29, 1.82) is 0 Å². The number of halogens is 1. The van der Waals surface area contributed by atoms with E-state index in [0.29, 0.717) is 10.6 Å². The lowest BCUT2D eigenvalue weighted by atomic mass is 10.1. The van der Waals surface area contributed by atoms with Gasteiger partial charge in [0.1, 0.15) is 4.99 Å². The van der Waals surface area contributed by atoms with Gasteiger partial charge in [0.2, 0.25) is 0 Å². The fraction of sp³-hybridized carbons (Fsp3) is 0.125. The first kappa shape index (κ1) is 15.7. The summed E-state index contributed by atoms with van der Waals surface area (Å²) in [5.41, 5.74) is 8.83. The Morgan fingerprint density at radius 3 is 2.57 bits per heavy atom. The summed E-state index contributed by atoms with van der Waals surface area (Å²) in [6.45, 7) is 1.98. The average Bonchev–Trinajstić information content (AvgIpc) is 2.46. The fourth-order valence-corrected chi connectivity index (χ4v) is 2.75. The summed E-state index contributed by atoms with van der Waals surface area (Å²) >= 11 is 8.41. The third-order valence-electron chi connectivity index (χ3n) is 3.18. The van der Waals surface area contributed by atoms with Gasteiger partial charge in [0, 0.05) is 22.8 Å². The summed E-state index contributed by atoms with van der Waals surface area (Å²) in [6, 6.07) is 13.0. The maximum absolute atomic E-state index is 12.6. The Bertz CT molecular complexity index is 715. The SMILES string of the molecule is Cc1ccc(C(=O)N(C)c2cccc(C(N)=S)c2)c(Br)c1. The molecule has 0 fully saturated rings. The van der Waals surface area contributed by atoms with E-state index in [-0.39, 0.29) is 5.91 Å². The van der Waals surface area contributed by atoms with E-state index in [9.17, 15) is 4.79 Å². The molecule has 5 heteroatoms. The minimum atomic E-state index is -0.0954. The molecule has 2 rings (SSSR count). The number of hydrogen-bond donors (Lipinski definition) is 1. The van der Waals surface area contributed by atoms with E-state index in [1.807, 2.05) is 49.4 Å². The van der Waals surface area contributed by atoms with Crippen LogP contribution in [0.3, 0.4) is 0 Å². The Labute approximate surface area is 137 Å². The molecule has 21 heavy (non-hydrogen) atoms. The van der Waals surface area contributed by atoms with Crippen LogP contribution >= 0.6 is 28.1 Å². The molecule has 0 atom stereocenters. The minimum Gasteiger partial charge on any atom is -0.389 e. The van der Waals surface area contributed by atoms with Crippen molar-refractivity contribution in [2.75, 3.05) is 11.9 Å². The second-order valence-electron chi connectivity index (χ2n) is 4.76. The molecule has 0 aliphatic heterocycles. The minimum absolute atomic E-state index is 0.0954. The first-order valence-corrected chi connectivity index (χ1v) is 7.54. The van der Waals surface area contributed by atoms with Crippen LogP contribution in [0.5, 0.6) is 0 Å². The van der Waals surface area contributed by atoms with Crippen molar-refractivity contribution in [1.82, 2.24) is 0 Å². The predicted octanol–water partition coefficient (Wildman–Crippen LogP) is 3.67. The van der Waals surface area contributed by atoms with Crippen molar-refractivity contribution in [3.05, 3.63) is 63.6 Å². The van der Waals surface area contributed by atoms with Crippen molar-refractivity contribution in [3.63, 3.8) is 0 Å². The highest BCUT2D eigenvalue weighted by atomic mass is 79.9. The lowest BCUT2D eigenvalue weighted by molar-refractivity contribution is 0.0992. The van der Waals surface area contributed by atoms with E-state index in [0.717, 1.165) is 21.3 Å². The molecule has 0 aromatic heterocycles. The molecule has 0 spiro atoms. The van der Waals surface area contributed by atoms with Crippen LogP contribution < -0.4 is 10.6 Å². The van der Waals surface area contributed by atoms with E-state index in [2.05, 4.69) is 15.9 Å². The fourth-order valence-electron chi connectivity index (χ4n) is 1.96. The van der Waals surface area contributed by atoms with E-state index in [1.165, 1.54) is 0 Å². The van der Waals surface area contributed by atoms with Crippen LogP contribution in [0.2, 0.25) is 0 Å². The van der Waals surface area contributed by atoms with Crippen molar-refractivity contribution in [2.45, 2.75) is 6.92 Å². The maximum Gasteiger partial charge on any atom is 0.259 e. The number of thiocarbonyl (C=S) groups is 1. The topological polar surface area (TPSA) is 46.3 Å². The van der Waals surface area contributed by atoms with Gasteiger partial charge in [0.25, 0.3) is 5.91 Å². The van der Waals surface area contributed by atoms with Crippen molar-refractivity contribution in [2.24, 2.45) is 5.73 Å². The number of hydrogen-bond acceptors (Lipinski definition) is 2. The zero-order valence-electron chi connectivity index (χ0n) is 11.8. The Morgan fingerprint density at radius 2 is 1.95 bits per heavy atom. The smallest absolute Gasteiger partial charge is 0.259 e. The molecule has 2 aromatic rings. The third kappa shape index (κ3) is 3.49. The van der Waals surface area contributed by atoms with Gasteiger partial charge in [-0.3, -0.25) is 4.79 Å². The summed E-state index contributed by atoms with van der Waals surface area (Å²) in [4.78, 5) is 14.5. The van der Waals surface area contributed by atoms with Crippen LogP contribution in [-0.4, -0.2) is 17.9 Å². The number of benzene rings is 2. The molecule has 0 radical (unpaired) electrons. The van der Waals surface area contributed by atoms with Crippen molar-refractivity contribution >= 4 is 44.7 Å². The molecule has 0 unspecified atom stereocenters. The highest BCUT2D eigenvalue weighted by Gasteiger charge is 2.16. The molecular formula is C16H15BrN2OS. The summed E-state index contributed by atoms with van der Waals surface area (Å²) < 4.78 is 0.782. The van der Waals surface area contributed by atoms with Gasteiger partial charge in [-0.2, -0.15) is 0 Å². The average molecular weight is 363 g/mol. The molecule has 3 nitrogen and oxygen atoms in total. The van der Waals surface area contributed by atoms with Gasteiger partial charge in [-0.1, -0.05) is 30.4 Å². The quantitative estimate of drug-likeness (QED) is 0.847. The molecule has 2 N–H and O–H groups in total. The molecule has 0 aliphatic rings. The van der Waals surface area contributed by atoms with Crippen molar-refractivity contribution in [3.8, 4) is 0 Å². The predicted molar refractivity (Wildman–Crippen MR) is 93.9 cm³/mol. The van der Waals surface area contributed by atoms with Gasteiger partial charge in [-0.25, -0.2) is 0 Å². The number of nitrogens with zero attached hydrogens (tertiary/aromatic N) is 1. The number of carbonyl (C=O) groups is 1. The normalized spacial score (nSPS) is 10.2. The summed E-state index contributed by atoms with van der Waals surface area (Å²) in [6.07, 6.45) is 0. The standard InChI is InChI=1S/C16H15BrN2OS/c1-10-6-7-13(14(17)8-10)16(20)19(2)12-5-3-4-11(9-12)15(18)21/h3-9H,1-2H3,(H2,18,21). The lowest BCUT2D eigenvalue weighted by Gasteiger charge is -2.19. The number of aryl methyl sites for hydroxylation is 1. The largest absolute Gasteiger partial charge is 0.389 e. The van der Waals surface area contributed by atoms with Crippen LogP contribution in [0.1, 0.15) is 21.5 Å². The first-order valence-electron chi connectivity index (χ1n) is 6.34. The summed E-state index contributed by atoms with van der Waals surface area (Å²) in [5, 5.41) is 0. The Hall–Kier alpha value is -1.72. The van der Waals surface area contributed by atoms with Gasteiger partial charge in [0.05, 0.1) is 5.56 Å². The Kier molecular flexibility index (Phi) is 4.75.